The molecule has 2 rings (SSSR count). The van der Waals surface area contributed by atoms with E-state index < -0.39 is 14.8 Å². The Morgan fingerprint density at radius 2 is 1.68 bits per heavy atom. The van der Waals surface area contributed by atoms with Crippen LogP contribution in [0.3, 0.4) is 0 Å². The van der Waals surface area contributed by atoms with Crippen LogP contribution < -0.4 is 0 Å². The van der Waals surface area contributed by atoms with E-state index in [0.717, 1.165) is 38.5 Å². The van der Waals surface area contributed by atoms with Crippen LogP contribution in [0.25, 0.3) is 0 Å². The predicted octanol–water partition coefficient (Wildman–Crippen LogP) is 2.13. The van der Waals surface area contributed by atoms with Crippen molar-refractivity contribution in [2.45, 2.75) is 76.2 Å². The van der Waals surface area contributed by atoms with Crippen molar-refractivity contribution in [3.8, 4) is 0 Å². The third-order valence-electron chi connectivity index (χ3n) is 4.61. The largest absolute Gasteiger partial charge is 0.393 e. The van der Waals surface area contributed by atoms with Gasteiger partial charge in [-0.25, -0.2) is 8.42 Å². The van der Waals surface area contributed by atoms with Gasteiger partial charge in [-0.05, 0) is 46.5 Å². The highest BCUT2D eigenvalue weighted by Crippen LogP contribution is 2.38. The van der Waals surface area contributed by atoms with E-state index in [-0.39, 0.29) is 18.1 Å². The maximum Gasteiger partial charge on any atom is 0.219 e. The van der Waals surface area contributed by atoms with Gasteiger partial charge in [-0.2, -0.15) is 4.31 Å². The zero-order valence-electron chi connectivity index (χ0n) is 12.3. The monoisotopic (exact) mass is 289 g/mol. The molecule has 4 nitrogen and oxygen atoms in total. The molecule has 1 saturated heterocycles. The molecule has 1 N–H and O–H groups in total. The first-order valence-electron chi connectivity index (χ1n) is 7.44. The molecule has 3 atom stereocenters. The molecule has 0 spiro atoms. The number of aliphatic hydroxyl groups excluding tert-OH is 1. The standard InChI is InChI=1S/C14H27NO3S/c1-14(2,3)19(17,18)15-10-6-8-12(15)11-7-4-5-9-13(11)16/h11-13,16H,4-10H2,1-3H3. The van der Waals surface area contributed by atoms with E-state index in [9.17, 15) is 13.5 Å². The molecule has 2 aliphatic rings. The van der Waals surface area contributed by atoms with E-state index in [4.69, 9.17) is 0 Å². The number of sulfonamides is 1. The quantitative estimate of drug-likeness (QED) is 0.847. The highest BCUT2D eigenvalue weighted by molar-refractivity contribution is 7.90. The first-order valence-corrected chi connectivity index (χ1v) is 8.88. The number of hydrogen-bond donors (Lipinski definition) is 1. The Balaban J connectivity index is 2.22. The zero-order chi connectivity index (χ0) is 14.3. The molecule has 5 heteroatoms. The SMILES string of the molecule is CC(C)(C)S(=O)(=O)N1CCCC1C1CCCCC1O. The van der Waals surface area contributed by atoms with Crippen LogP contribution in [-0.2, 0) is 10.0 Å². The third kappa shape index (κ3) is 2.83. The summed E-state index contributed by atoms with van der Waals surface area (Å²) in [6, 6.07) is 0.0134. The summed E-state index contributed by atoms with van der Waals surface area (Å²) in [5, 5.41) is 10.2. The van der Waals surface area contributed by atoms with E-state index in [0.29, 0.717) is 6.54 Å². The topological polar surface area (TPSA) is 57.6 Å². The molecule has 3 unspecified atom stereocenters. The lowest BCUT2D eigenvalue weighted by atomic mass is 9.81. The summed E-state index contributed by atoms with van der Waals surface area (Å²) in [6.07, 6.45) is 5.46. The van der Waals surface area contributed by atoms with Crippen molar-refractivity contribution in [3.63, 3.8) is 0 Å². The van der Waals surface area contributed by atoms with Gasteiger partial charge in [0.05, 0.1) is 10.9 Å². The smallest absolute Gasteiger partial charge is 0.219 e. The molecule has 0 aromatic heterocycles. The second kappa shape index (κ2) is 5.34. The van der Waals surface area contributed by atoms with Crippen LogP contribution in [0.15, 0.2) is 0 Å². The number of aliphatic hydroxyl groups is 1. The van der Waals surface area contributed by atoms with Crippen LogP contribution >= 0.6 is 0 Å². The Kier molecular flexibility index (Phi) is 4.29. The van der Waals surface area contributed by atoms with Crippen molar-refractivity contribution in [1.29, 1.82) is 0 Å². The van der Waals surface area contributed by atoms with Gasteiger partial charge in [-0.15, -0.1) is 0 Å². The summed E-state index contributed by atoms with van der Waals surface area (Å²) < 4.78 is 26.2. The summed E-state index contributed by atoms with van der Waals surface area (Å²) in [5.41, 5.74) is 0. The van der Waals surface area contributed by atoms with Crippen LogP contribution in [0.5, 0.6) is 0 Å². The molecular formula is C14H27NO3S. The fourth-order valence-corrected chi connectivity index (χ4v) is 5.12. The summed E-state index contributed by atoms with van der Waals surface area (Å²) in [4.78, 5) is 0. The first-order chi connectivity index (χ1) is 8.75. The van der Waals surface area contributed by atoms with E-state index in [2.05, 4.69) is 0 Å². The van der Waals surface area contributed by atoms with E-state index >= 15 is 0 Å². The Morgan fingerprint density at radius 1 is 1.05 bits per heavy atom. The average Bonchev–Trinajstić information content (AvgIpc) is 2.77. The fraction of sp³-hybridized carbons (Fsp3) is 1.00. The van der Waals surface area contributed by atoms with Crippen LogP contribution in [0, 0.1) is 5.92 Å². The molecular weight excluding hydrogens is 262 g/mol. The second-order valence-corrected chi connectivity index (χ2v) is 9.60. The molecule has 0 bridgehead atoms. The number of rotatable bonds is 2. The lowest BCUT2D eigenvalue weighted by Crippen LogP contribution is -2.50. The Hall–Kier alpha value is -0.130. The van der Waals surface area contributed by atoms with Crippen LogP contribution in [-0.4, -0.2) is 41.3 Å². The van der Waals surface area contributed by atoms with Gasteiger partial charge in [0.2, 0.25) is 10.0 Å². The van der Waals surface area contributed by atoms with Crippen molar-refractivity contribution < 1.29 is 13.5 Å². The van der Waals surface area contributed by atoms with Crippen molar-refractivity contribution in [1.82, 2.24) is 4.31 Å². The molecule has 1 aliphatic carbocycles. The van der Waals surface area contributed by atoms with Gasteiger partial charge < -0.3 is 5.11 Å². The minimum atomic E-state index is -3.28. The summed E-state index contributed by atoms with van der Waals surface area (Å²) in [5.74, 6) is 0.133. The van der Waals surface area contributed by atoms with Crippen LogP contribution in [0.2, 0.25) is 0 Å². The zero-order valence-corrected chi connectivity index (χ0v) is 13.1. The fourth-order valence-electron chi connectivity index (χ4n) is 3.43. The van der Waals surface area contributed by atoms with Crippen molar-refractivity contribution >= 4 is 10.0 Å². The number of hydrogen-bond acceptors (Lipinski definition) is 3. The van der Waals surface area contributed by atoms with Crippen molar-refractivity contribution in [3.05, 3.63) is 0 Å². The minimum Gasteiger partial charge on any atom is -0.393 e. The van der Waals surface area contributed by atoms with Gasteiger partial charge in [0.1, 0.15) is 0 Å². The molecule has 112 valence electrons. The Bertz CT molecular complexity index is 413. The summed E-state index contributed by atoms with van der Waals surface area (Å²) in [7, 11) is -3.28. The third-order valence-corrected chi connectivity index (χ3v) is 7.23. The molecule has 0 radical (unpaired) electrons. The molecule has 0 aromatic carbocycles. The van der Waals surface area contributed by atoms with Gasteiger partial charge in [-0.1, -0.05) is 12.8 Å². The lowest BCUT2D eigenvalue weighted by Gasteiger charge is -2.38. The lowest BCUT2D eigenvalue weighted by molar-refractivity contribution is 0.0383. The van der Waals surface area contributed by atoms with E-state index in [1.807, 2.05) is 0 Å². The molecule has 0 aromatic rings. The van der Waals surface area contributed by atoms with Gasteiger partial charge in [0, 0.05) is 18.5 Å². The summed E-state index contributed by atoms with van der Waals surface area (Å²) >= 11 is 0. The molecule has 1 saturated carbocycles. The molecule has 1 heterocycles. The number of nitrogens with zero attached hydrogens (tertiary/aromatic N) is 1. The Morgan fingerprint density at radius 3 is 2.26 bits per heavy atom. The predicted molar refractivity (Wildman–Crippen MR) is 76.4 cm³/mol. The first kappa shape index (κ1) is 15.3. The minimum absolute atomic E-state index is 0.0134. The summed E-state index contributed by atoms with van der Waals surface area (Å²) in [6.45, 7) is 5.90. The van der Waals surface area contributed by atoms with Crippen LogP contribution in [0.4, 0.5) is 0 Å². The van der Waals surface area contributed by atoms with Gasteiger partial charge in [-0.3, -0.25) is 0 Å². The molecule has 1 aliphatic heterocycles. The highest BCUT2D eigenvalue weighted by Gasteiger charge is 2.45. The molecule has 19 heavy (non-hydrogen) atoms. The van der Waals surface area contributed by atoms with Gasteiger partial charge >= 0.3 is 0 Å². The second-order valence-electron chi connectivity index (χ2n) is 6.95. The van der Waals surface area contributed by atoms with Crippen molar-refractivity contribution in [2.24, 2.45) is 5.92 Å². The Labute approximate surface area is 117 Å². The molecule has 2 fully saturated rings. The van der Waals surface area contributed by atoms with E-state index in [1.165, 1.54) is 0 Å². The molecule has 0 amide bonds. The van der Waals surface area contributed by atoms with Crippen molar-refractivity contribution in [2.75, 3.05) is 6.54 Å². The van der Waals surface area contributed by atoms with E-state index in [1.54, 1.807) is 25.1 Å². The highest BCUT2D eigenvalue weighted by atomic mass is 32.2. The maximum atomic E-state index is 12.7. The van der Waals surface area contributed by atoms with Gasteiger partial charge in [0.25, 0.3) is 0 Å². The van der Waals surface area contributed by atoms with Crippen LogP contribution in [0.1, 0.15) is 59.3 Å². The van der Waals surface area contributed by atoms with Gasteiger partial charge in [0.15, 0.2) is 0 Å². The average molecular weight is 289 g/mol. The normalized spacial score (nSPS) is 34.6. The maximum absolute atomic E-state index is 12.7.